The van der Waals surface area contributed by atoms with Gasteiger partial charge in [0.05, 0.1) is 6.61 Å². The molecule has 1 fully saturated rings. The Morgan fingerprint density at radius 1 is 1.56 bits per heavy atom. The highest BCUT2D eigenvalue weighted by atomic mass is 16.5. The Morgan fingerprint density at radius 2 is 2.31 bits per heavy atom. The summed E-state index contributed by atoms with van der Waals surface area (Å²) in [4.78, 5) is 15.7. The van der Waals surface area contributed by atoms with Crippen molar-refractivity contribution in [3.63, 3.8) is 0 Å². The van der Waals surface area contributed by atoms with Gasteiger partial charge in [-0.25, -0.2) is 0 Å². The highest BCUT2D eigenvalue weighted by molar-refractivity contribution is 5.86. The van der Waals surface area contributed by atoms with E-state index in [-0.39, 0.29) is 5.91 Å². The minimum Gasteiger partial charge on any atom is -0.379 e. The van der Waals surface area contributed by atoms with Crippen LogP contribution in [-0.4, -0.2) is 29.6 Å². The number of nitrogens with two attached hydrogens (primary N) is 1. The van der Waals surface area contributed by atoms with Crippen molar-refractivity contribution in [3.8, 4) is 0 Å². The summed E-state index contributed by atoms with van der Waals surface area (Å²) in [6, 6.07) is 3.71. The zero-order valence-corrected chi connectivity index (χ0v) is 8.98. The molecule has 0 radical (unpaired) electrons. The van der Waals surface area contributed by atoms with Crippen molar-refractivity contribution in [2.45, 2.75) is 18.5 Å². The van der Waals surface area contributed by atoms with Crippen molar-refractivity contribution in [2.24, 2.45) is 5.73 Å². The van der Waals surface area contributed by atoms with E-state index in [1.165, 1.54) is 0 Å². The van der Waals surface area contributed by atoms with Gasteiger partial charge in [-0.1, -0.05) is 0 Å². The molecule has 3 N–H and O–H groups in total. The quantitative estimate of drug-likeness (QED) is 0.742. The number of carbonyl (C=O) groups excluding carboxylic acids is 1. The lowest BCUT2D eigenvalue weighted by Crippen LogP contribution is -2.54. The predicted octanol–water partition coefficient (Wildman–Crippen LogP) is -0.184. The Labute approximate surface area is 94.0 Å². The highest BCUT2D eigenvalue weighted by Gasteiger charge is 2.37. The lowest BCUT2D eigenvalue weighted by molar-refractivity contribution is -0.126. The van der Waals surface area contributed by atoms with E-state index in [1.54, 1.807) is 12.4 Å². The van der Waals surface area contributed by atoms with E-state index in [1.807, 2.05) is 12.1 Å². The zero-order chi connectivity index (χ0) is 11.4. The third kappa shape index (κ3) is 2.37. The van der Waals surface area contributed by atoms with Gasteiger partial charge in [0, 0.05) is 25.5 Å². The molecular weight excluding hydrogens is 206 g/mol. The molecule has 0 spiro atoms. The van der Waals surface area contributed by atoms with Gasteiger partial charge in [0.2, 0.25) is 5.91 Å². The third-order valence-corrected chi connectivity index (χ3v) is 2.71. The number of nitrogens with zero attached hydrogens (tertiary/aromatic N) is 1. The first-order valence-corrected chi connectivity index (χ1v) is 5.24. The monoisotopic (exact) mass is 221 g/mol. The second kappa shape index (κ2) is 4.59. The van der Waals surface area contributed by atoms with Crippen LogP contribution in [0.4, 0.5) is 0 Å². The topological polar surface area (TPSA) is 77.2 Å². The van der Waals surface area contributed by atoms with Crippen LogP contribution in [0.3, 0.4) is 0 Å². The summed E-state index contributed by atoms with van der Waals surface area (Å²) in [6.07, 6.45) is 3.96. The molecule has 0 bridgehead atoms. The fourth-order valence-electron chi connectivity index (χ4n) is 1.62. The van der Waals surface area contributed by atoms with Crippen LogP contribution in [0.25, 0.3) is 0 Å². The maximum atomic E-state index is 11.8. The van der Waals surface area contributed by atoms with Crippen LogP contribution in [0, 0.1) is 0 Å². The molecule has 5 nitrogen and oxygen atoms in total. The van der Waals surface area contributed by atoms with E-state index in [0.717, 1.165) is 5.56 Å². The average Bonchev–Trinajstić information content (AvgIpc) is 2.76. The van der Waals surface area contributed by atoms with Gasteiger partial charge in [-0.3, -0.25) is 9.78 Å². The first-order valence-electron chi connectivity index (χ1n) is 5.24. The number of aromatic nitrogens is 1. The molecule has 0 saturated carbocycles. The molecule has 1 aliphatic heterocycles. The summed E-state index contributed by atoms with van der Waals surface area (Å²) in [6.45, 7) is 1.33. The van der Waals surface area contributed by atoms with Crippen molar-refractivity contribution in [2.75, 3.05) is 13.2 Å². The summed E-state index contributed by atoms with van der Waals surface area (Å²) in [5.41, 5.74) is 6.07. The van der Waals surface area contributed by atoms with Gasteiger partial charge in [-0.05, 0) is 24.1 Å². The first-order chi connectivity index (χ1) is 7.71. The van der Waals surface area contributed by atoms with Gasteiger partial charge in [0.1, 0.15) is 5.54 Å². The number of hydrogen-bond donors (Lipinski definition) is 2. The van der Waals surface area contributed by atoms with E-state index in [2.05, 4.69) is 10.3 Å². The van der Waals surface area contributed by atoms with Crippen LogP contribution < -0.4 is 11.1 Å². The number of pyridine rings is 1. The fraction of sp³-hybridized carbons (Fsp3) is 0.455. The van der Waals surface area contributed by atoms with Crippen LogP contribution in [0.5, 0.6) is 0 Å². The highest BCUT2D eigenvalue weighted by Crippen LogP contribution is 2.15. The van der Waals surface area contributed by atoms with Crippen LogP contribution in [0.1, 0.15) is 12.0 Å². The van der Waals surface area contributed by atoms with Gasteiger partial charge in [-0.15, -0.1) is 0 Å². The number of rotatable bonds is 3. The molecular formula is C11H15N3O2. The molecule has 0 aromatic carbocycles. The Bertz CT molecular complexity index is 361. The first kappa shape index (κ1) is 11.0. The number of ether oxygens (including phenoxy) is 1. The molecule has 1 aromatic heterocycles. The van der Waals surface area contributed by atoms with E-state index >= 15 is 0 Å². The fourth-order valence-corrected chi connectivity index (χ4v) is 1.62. The van der Waals surface area contributed by atoms with E-state index in [0.29, 0.717) is 26.2 Å². The van der Waals surface area contributed by atoms with Crippen molar-refractivity contribution in [1.82, 2.24) is 10.3 Å². The maximum absolute atomic E-state index is 11.8. The molecule has 2 heterocycles. The van der Waals surface area contributed by atoms with Crippen LogP contribution >= 0.6 is 0 Å². The SMILES string of the molecule is NC1(C(=O)NCc2ccncc2)CCOC1. The van der Waals surface area contributed by atoms with E-state index in [4.69, 9.17) is 10.5 Å². The standard InChI is InChI=1S/C11H15N3O2/c12-11(3-6-16-8-11)10(15)14-7-9-1-4-13-5-2-9/h1-2,4-5H,3,6-8,12H2,(H,14,15). The molecule has 2 rings (SSSR count). The van der Waals surface area contributed by atoms with E-state index in [9.17, 15) is 4.79 Å². The smallest absolute Gasteiger partial charge is 0.242 e. The molecule has 1 aliphatic rings. The molecule has 1 unspecified atom stereocenters. The van der Waals surface area contributed by atoms with Gasteiger partial charge < -0.3 is 15.8 Å². The molecule has 1 saturated heterocycles. The Morgan fingerprint density at radius 3 is 2.94 bits per heavy atom. The Kier molecular flexibility index (Phi) is 3.17. The summed E-state index contributed by atoms with van der Waals surface area (Å²) in [5.74, 6) is -0.151. The number of amides is 1. The van der Waals surface area contributed by atoms with Crippen LogP contribution in [0.2, 0.25) is 0 Å². The summed E-state index contributed by atoms with van der Waals surface area (Å²) in [5, 5.41) is 2.81. The molecule has 0 aliphatic carbocycles. The van der Waals surface area contributed by atoms with Crippen molar-refractivity contribution in [1.29, 1.82) is 0 Å². The van der Waals surface area contributed by atoms with Crippen molar-refractivity contribution in [3.05, 3.63) is 30.1 Å². The third-order valence-electron chi connectivity index (χ3n) is 2.71. The summed E-state index contributed by atoms with van der Waals surface area (Å²) < 4.78 is 5.14. The Balaban J connectivity index is 1.89. The van der Waals surface area contributed by atoms with Gasteiger partial charge in [-0.2, -0.15) is 0 Å². The lowest BCUT2D eigenvalue weighted by Gasteiger charge is -2.20. The normalized spacial score (nSPS) is 24.3. The minimum atomic E-state index is -0.854. The zero-order valence-electron chi connectivity index (χ0n) is 8.98. The predicted molar refractivity (Wildman–Crippen MR) is 58.4 cm³/mol. The van der Waals surface area contributed by atoms with E-state index < -0.39 is 5.54 Å². The van der Waals surface area contributed by atoms with Crippen LogP contribution in [-0.2, 0) is 16.1 Å². The molecule has 5 heteroatoms. The number of nitrogens with one attached hydrogen (secondary N) is 1. The Hall–Kier alpha value is -1.46. The summed E-state index contributed by atoms with van der Waals surface area (Å²) in [7, 11) is 0. The molecule has 1 atom stereocenters. The largest absolute Gasteiger partial charge is 0.379 e. The maximum Gasteiger partial charge on any atom is 0.242 e. The lowest BCUT2D eigenvalue weighted by atomic mass is 9.99. The average molecular weight is 221 g/mol. The molecule has 86 valence electrons. The second-order valence-corrected chi connectivity index (χ2v) is 4.00. The van der Waals surface area contributed by atoms with Gasteiger partial charge in [0.15, 0.2) is 0 Å². The summed E-state index contributed by atoms with van der Waals surface area (Å²) >= 11 is 0. The van der Waals surface area contributed by atoms with Gasteiger partial charge in [0.25, 0.3) is 0 Å². The second-order valence-electron chi connectivity index (χ2n) is 4.00. The van der Waals surface area contributed by atoms with Crippen LogP contribution in [0.15, 0.2) is 24.5 Å². The number of hydrogen-bond acceptors (Lipinski definition) is 4. The van der Waals surface area contributed by atoms with Gasteiger partial charge >= 0.3 is 0 Å². The molecule has 1 aromatic rings. The van der Waals surface area contributed by atoms with Crippen molar-refractivity contribution < 1.29 is 9.53 Å². The molecule has 1 amide bonds. The minimum absolute atomic E-state index is 0.151. The molecule has 16 heavy (non-hydrogen) atoms. The number of carbonyl (C=O) groups is 1. The van der Waals surface area contributed by atoms with Crippen molar-refractivity contribution >= 4 is 5.91 Å².